The standard InChI is InChI=1S/C24H28ClF3N6O/c1-3-4-33(18-12-35-13-18)11-17(26)5-15-7-20-16(6-19(15)25)9-29-23(31-20)32-21-10-30-34(14(21)2)22-8-24(22,27)28/h6-7,9-10,17-18,22H,3-5,8,11-13H2,1-2H3,(H,29,31,32). The fourth-order valence-electron chi connectivity index (χ4n) is 4.46. The van der Waals surface area contributed by atoms with E-state index in [4.69, 9.17) is 16.3 Å². The number of nitrogens with zero attached hydrogens (tertiary/aromatic N) is 5. The summed E-state index contributed by atoms with van der Waals surface area (Å²) in [5.41, 5.74) is 2.44. The van der Waals surface area contributed by atoms with Gasteiger partial charge in [0.05, 0.1) is 42.4 Å². The van der Waals surface area contributed by atoms with Crippen molar-refractivity contribution in [2.24, 2.45) is 0 Å². The first-order valence-electron chi connectivity index (χ1n) is 11.8. The Labute approximate surface area is 206 Å². The molecule has 0 spiro atoms. The number of ether oxygens (including phenoxy) is 1. The van der Waals surface area contributed by atoms with E-state index in [0.29, 0.717) is 53.2 Å². The number of rotatable bonds is 10. The van der Waals surface area contributed by atoms with Gasteiger partial charge < -0.3 is 10.1 Å². The predicted octanol–water partition coefficient (Wildman–Crippen LogP) is 5.10. The maximum Gasteiger partial charge on any atom is 0.272 e. The molecule has 11 heteroatoms. The molecule has 35 heavy (non-hydrogen) atoms. The molecule has 1 N–H and O–H groups in total. The largest absolute Gasteiger partial charge is 0.378 e. The van der Waals surface area contributed by atoms with E-state index in [1.807, 2.05) is 0 Å². The molecular weight excluding hydrogens is 481 g/mol. The van der Waals surface area contributed by atoms with E-state index >= 15 is 4.39 Å². The van der Waals surface area contributed by atoms with Crippen molar-refractivity contribution in [3.05, 3.63) is 40.8 Å². The van der Waals surface area contributed by atoms with Crippen LogP contribution in [0.5, 0.6) is 0 Å². The van der Waals surface area contributed by atoms with Gasteiger partial charge in [0.25, 0.3) is 5.92 Å². The molecule has 0 bridgehead atoms. The summed E-state index contributed by atoms with van der Waals surface area (Å²) in [7, 11) is 0. The van der Waals surface area contributed by atoms with E-state index in [2.05, 4.69) is 32.2 Å². The normalized spacial score (nSPS) is 20.3. The van der Waals surface area contributed by atoms with Crippen molar-refractivity contribution in [1.29, 1.82) is 0 Å². The van der Waals surface area contributed by atoms with Crippen molar-refractivity contribution in [3.8, 4) is 0 Å². The zero-order valence-corrected chi connectivity index (χ0v) is 20.4. The number of anilines is 2. The number of fused-ring (bicyclic) bond motifs is 1. The van der Waals surface area contributed by atoms with E-state index in [-0.39, 0.29) is 18.9 Å². The van der Waals surface area contributed by atoms with Crippen LogP contribution in [-0.4, -0.2) is 69.1 Å². The molecule has 188 valence electrons. The monoisotopic (exact) mass is 508 g/mol. The van der Waals surface area contributed by atoms with Crippen molar-refractivity contribution in [2.75, 3.05) is 31.6 Å². The fraction of sp³-hybridized carbons (Fsp3) is 0.542. The molecule has 3 aromatic rings. The Hall–Kier alpha value is -2.43. The number of nitrogens with one attached hydrogen (secondary N) is 1. The van der Waals surface area contributed by atoms with E-state index in [1.165, 1.54) is 10.9 Å². The molecule has 1 aliphatic carbocycles. The second kappa shape index (κ2) is 9.55. The molecule has 1 aliphatic heterocycles. The van der Waals surface area contributed by atoms with Gasteiger partial charge in [-0.2, -0.15) is 5.10 Å². The molecule has 1 aromatic carbocycles. The summed E-state index contributed by atoms with van der Waals surface area (Å²) in [6, 6.07) is 2.90. The Morgan fingerprint density at radius 3 is 2.74 bits per heavy atom. The van der Waals surface area contributed by atoms with Crippen LogP contribution in [0.25, 0.3) is 10.9 Å². The van der Waals surface area contributed by atoms with Gasteiger partial charge in [0.15, 0.2) is 0 Å². The summed E-state index contributed by atoms with van der Waals surface area (Å²) >= 11 is 6.45. The number of aromatic nitrogens is 4. The second-order valence-corrected chi connectivity index (χ2v) is 9.79. The minimum atomic E-state index is -2.71. The fourth-order valence-corrected chi connectivity index (χ4v) is 4.71. The molecule has 1 saturated heterocycles. The maximum absolute atomic E-state index is 15.1. The lowest BCUT2D eigenvalue weighted by molar-refractivity contribution is -0.0702. The van der Waals surface area contributed by atoms with Crippen molar-refractivity contribution in [3.63, 3.8) is 0 Å². The average Bonchev–Trinajstić information content (AvgIpc) is 3.24. The molecule has 2 unspecified atom stereocenters. The minimum absolute atomic E-state index is 0.177. The molecule has 0 amide bonds. The van der Waals surface area contributed by atoms with Gasteiger partial charge in [0, 0.05) is 36.0 Å². The summed E-state index contributed by atoms with van der Waals surface area (Å²) in [4.78, 5) is 11.0. The highest BCUT2D eigenvalue weighted by molar-refractivity contribution is 6.32. The van der Waals surface area contributed by atoms with Crippen LogP contribution < -0.4 is 5.32 Å². The lowest BCUT2D eigenvalue weighted by Crippen LogP contribution is -2.51. The van der Waals surface area contributed by atoms with Crippen LogP contribution in [0.2, 0.25) is 5.02 Å². The zero-order valence-electron chi connectivity index (χ0n) is 19.6. The van der Waals surface area contributed by atoms with E-state index in [0.717, 1.165) is 18.4 Å². The number of halogens is 4. The third-order valence-electron chi connectivity index (χ3n) is 6.65. The number of hydrogen-bond donors (Lipinski definition) is 1. The van der Waals surface area contributed by atoms with Crippen LogP contribution >= 0.6 is 11.6 Å². The molecule has 2 fully saturated rings. The first-order chi connectivity index (χ1) is 16.7. The molecule has 3 heterocycles. The molecule has 7 nitrogen and oxygen atoms in total. The smallest absolute Gasteiger partial charge is 0.272 e. The second-order valence-electron chi connectivity index (χ2n) is 9.38. The SMILES string of the molecule is CCCN(CC(F)Cc1cc2nc(Nc3cnn(C4CC4(F)F)c3C)ncc2cc1Cl)C1COC1. The minimum Gasteiger partial charge on any atom is -0.378 e. The molecule has 1 saturated carbocycles. The predicted molar refractivity (Wildman–Crippen MR) is 128 cm³/mol. The highest BCUT2D eigenvalue weighted by atomic mass is 35.5. The van der Waals surface area contributed by atoms with Gasteiger partial charge in [-0.25, -0.2) is 23.1 Å². The van der Waals surface area contributed by atoms with E-state index < -0.39 is 18.1 Å². The lowest BCUT2D eigenvalue weighted by Gasteiger charge is -2.37. The summed E-state index contributed by atoms with van der Waals surface area (Å²) in [6.45, 7) is 6.27. The number of alkyl halides is 3. The van der Waals surface area contributed by atoms with Crippen molar-refractivity contribution >= 4 is 34.1 Å². The number of hydrogen-bond acceptors (Lipinski definition) is 6. The van der Waals surface area contributed by atoms with Crippen molar-refractivity contribution in [1.82, 2.24) is 24.6 Å². The summed E-state index contributed by atoms with van der Waals surface area (Å²) in [6.07, 6.45) is 2.97. The zero-order chi connectivity index (χ0) is 24.7. The van der Waals surface area contributed by atoms with Crippen LogP contribution in [0.4, 0.5) is 24.8 Å². The van der Waals surface area contributed by atoms with Crippen LogP contribution in [0.1, 0.15) is 37.1 Å². The number of benzene rings is 1. The Kier molecular flexibility index (Phi) is 6.63. The Morgan fingerprint density at radius 1 is 1.31 bits per heavy atom. The molecule has 5 rings (SSSR count). The van der Waals surface area contributed by atoms with Crippen LogP contribution in [0.3, 0.4) is 0 Å². The van der Waals surface area contributed by atoms with Gasteiger partial charge in [-0.3, -0.25) is 9.58 Å². The molecule has 0 radical (unpaired) electrons. The van der Waals surface area contributed by atoms with Crippen LogP contribution in [0, 0.1) is 6.92 Å². The summed E-state index contributed by atoms with van der Waals surface area (Å²) in [5, 5.41) is 8.36. The third-order valence-corrected chi connectivity index (χ3v) is 7.00. The van der Waals surface area contributed by atoms with Gasteiger partial charge in [-0.1, -0.05) is 18.5 Å². The summed E-state index contributed by atoms with van der Waals surface area (Å²) < 4.78 is 48.6. The van der Waals surface area contributed by atoms with Gasteiger partial charge in [0.1, 0.15) is 12.2 Å². The Bertz CT molecular complexity index is 1220. The maximum atomic E-state index is 15.1. The highest BCUT2D eigenvalue weighted by Gasteiger charge is 2.59. The molecule has 2 atom stereocenters. The van der Waals surface area contributed by atoms with E-state index in [1.54, 1.807) is 25.3 Å². The first-order valence-corrected chi connectivity index (χ1v) is 12.2. The van der Waals surface area contributed by atoms with Gasteiger partial charge >= 0.3 is 0 Å². The lowest BCUT2D eigenvalue weighted by atomic mass is 10.1. The first kappa shape index (κ1) is 24.3. The van der Waals surface area contributed by atoms with Gasteiger partial charge in [-0.15, -0.1) is 0 Å². The van der Waals surface area contributed by atoms with Crippen molar-refractivity contribution in [2.45, 2.75) is 57.3 Å². The molecule has 2 aliphatic rings. The topological polar surface area (TPSA) is 68.1 Å². The van der Waals surface area contributed by atoms with Crippen molar-refractivity contribution < 1.29 is 17.9 Å². The van der Waals surface area contributed by atoms with Crippen LogP contribution in [-0.2, 0) is 11.2 Å². The van der Waals surface area contributed by atoms with E-state index in [9.17, 15) is 8.78 Å². The van der Waals surface area contributed by atoms with Gasteiger partial charge in [-0.05, 0) is 37.6 Å². The molecule has 2 aromatic heterocycles. The quantitative estimate of drug-likeness (QED) is 0.411. The summed E-state index contributed by atoms with van der Waals surface area (Å²) in [5.74, 6) is -2.41. The average molecular weight is 509 g/mol. The Balaban J connectivity index is 1.31. The molecular formula is C24H28ClF3N6O. The third kappa shape index (κ3) is 5.10. The Morgan fingerprint density at radius 2 is 2.09 bits per heavy atom. The van der Waals surface area contributed by atoms with Crippen LogP contribution in [0.15, 0.2) is 24.5 Å². The highest BCUT2D eigenvalue weighted by Crippen LogP contribution is 2.53. The van der Waals surface area contributed by atoms with Gasteiger partial charge in [0.2, 0.25) is 5.95 Å².